The van der Waals surface area contributed by atoms with E-state index in [9.17, 15) is 19.2 Å². The summed E-state index contributed by atoms with van der Waals surface area (Å²) in [6, 6.07) is 28.7. The van der Waals surface area contributed by atoms with Crippen molar-refractivity contribution in [1.29, 1.82) is 0 Å². The molecular weight excluding hydrogens is 598 g/mol. The Morgan fingerprint density at radius 1 is 0.810 bits per heavy atom. The fourth-order valence-corrected chi connectivity index (χ4v) is 8.03. The molecule has 2 unspecified atom stereocenters. The number of alkyl halides is 1. The van der Waals surface area contributed by atoms with E-state index in [-0.39, 0.29) is 29.0 Å². The number of benzene rings is 4. The topological polar surface area (TPSA) is 90.0 Å². The lowest BCUT2D eigenvalue weighted by molar-refractivity contribution is -0.122. The van der Waals surface area contributed by atoms with Gasteiger partial charge in [0.2, 0.25) is 11.8 Å². The van der Waals surface area contributed by atoms with Crippen LogP contribution in [0.3, 0.4) is 0 Å². The summed E-state index contributed by atoms with van der Waals surface area (Å²) in [6.07, 6.45) is 0. The molecule has 8 rings (SSSR count). The zero-order valence-corrected chi connectivity index (χ0v) is 24.0. The summed E-state index contributed by atoms with van der Waals surface area (Å²) in [5.74, 6) is -3.00. The van der Waals surface area contributed by atoms with E-state index in [0.717, 1.165) is 27.2 Å². The second kappa shape index (κ2) is 9.77. The Labute approximate surface area is 250 Å². The van der Waals surface area contributed by atoms with Crippen molar-refractivity contribution in [3.05, 3.63) is 130 Å². The maximum atomic E-state index is 14.3. The number of halogens is 1. The summed E-state index contributed by atoms with van der Waals surface area (Å²) in [6.45, 7) is -0.496. The second-order valence-corrected chi connectivity index (χ2v) is 11.9. The normalized spacial score (nSPS) is 23.2. The van der Waals surface area contributed by atoms with Crippen molar-refractivity contribution >= 4 is 45.2 Å². The number of methoxy groups -OCH3 is 1. The molecule has 8 heteroatoms. The largest absolute Gasteiger partial charge is 0.497 e. The molecule has 0 saturated carbocycles. The number of Topliss-reactive ketones (excluding diaryl/α,β-unsaturated/α-hetero) is 1. The zero-order chi connectivity index (χ0) is 29.2. The van der Waals surface area contributed by atoms with Crippen LogP contribution in [-0.2, 0) is 18.7 Å². The number of hydrogen-bond acceptors (Lipinski definition) is 6. The first-order chi connectivity index (χ1) is 20.4. The van der Waals surface area contributed by atoms with Crippen LogP contribution in [-0.4, -0.2) is 37.3 Å². The molecule has 3 aliphatic carbocycles. The van der Waals surface area contributed by atoms with Crippen LogP contribution >= 0.6 is 15.9 Å². The average molecular weight is 622 g/mol. The van der Waals surface area contributed by atoms with Crippen LogP contribution in [0.15, 0.2) is 97.1 Å². The first-order valence-corrected chi connectivity index (χ1v) is 14.3. The number of ketones is 1. The standard InChI is InChI=1S/C34H24BrNO6/c1-41-20-16-14-19(15-17-20)27(37)18-42-33(40)23-10-4-7-13-26(23)36-31(38)29-28-21-8-2-5-11-24(21)34(35,30(29)32(36)39)25-12-6-3-9-22(25)28/h2-17,28-30H,18H2,1H3. The van der Waals surface area contributed by atoms with E-state index >= 15 is 0 Å². The number of carbonyl (C=O) groups excluding carboxylic acids is 4. The monoisotopic (exact) mass is 621 g/mol. The van der Waals surface area contributed by atoms with Gasteiger partial charge >= 0.3 is 5.97 Å². The summed E-state index contributed by atoms with van der Waals surface area (Å²) in [5, 5.41) is 0. The van der Waals surface area contributed by atoms with E-state index in [1.807, 2.05) is 48.5 Å². The van der Waals surface area contributed by atoms with E-state index in [4.69, 9.17) is 9.47 Å². The molecule has 0 spiro atoms. The summed E-state index contributed by atoms with van der Waals surface area (Å²) in [7, 11) is 1.53. The van der Waals surface area contributed by atoms with Gasteiger partial charge < -0.3 is 9.47 Å². The molecule has 7 nitrogen and oxygen atoms in total. The van der Waals surface area contributed by atoms with Crippen LogP contribution in [0, 0.1) is 11.8 Å². The average Bonchev–Trinajstić information content (AvgIpc) is 3.30. The molecule has 208 valence electrons. The highest BCUT2D eigenvalue weighted by Gasteiger charge is 2.67. The van der Waals surface area contributed by atoms with E-state index in [0.29, 0.717) is 11.3 Å². The molecule has 2 bridgehead atoms. The van der Waals surface area contributed by atoms with Gasteiger partial charge in [-0.25, -0.2) is 9.69 Å². The summed E-state index contributed by atoms with van der Waals surface area (Å²) < 4.78 is 9.61. The van der Waals surface area contributed by atoms with Crippen molar-refractivity contribution in [2.24, 2.45) is 11.8 Å². The van der Waals surface area contributed by atoms with Crippen molar-refractivity contribution in [3.63, 3.8) is 0 Å². The minimum Gasteiger partial charge on any atom is -0.497 e. The van der Waals surface area contributed by atoms with Gasteiger partial charge in [0.25, 0.3) is 0 Å². The number of carbonyl (C=O) groups is 4. The minimum absolute atomic E-state index is 0.0337. The number of ether oxygens (including phenoxy) is 2. The highest BCUT2D eigenvalue weighted by atomic mass is 79.9. The Morgan fingerprint density at radius 3 is 2.05 bits per heavy atom. The van der Waals surface area contributed by atoms with Gasteiger partial charge in [-0.15, -0.1) is 0 Å². The molecule has 4 aromatic rings. The van der Waals surface area contributed by atoms with E-state index in [1.54, 1.807) is 42.5 Å². The number of rotatable bonds is 6. The van der Waals surface area contributed by atoms with Crippen molar-refractivity contribution in [2.75, 3.05) is 18.6 Å². The Bertz CT molecular complexity index is 1750. The minimum atomic E-state index is -0.901. The molecule has 4 aliphatic rings. The summed E-state index contributed by atoms with van der Waals surface area (Å²) in [4.78, 5) is 55.7. The van der Waals surface area contributed by atoms with Gasteiger partial charge in [-0.05, 0) is 58.7 Å². The van der Waals surface area contributed by atoms with Crippen molar-refractivity contribution in [1.82, 2.24) is 0 Å². The number of para-hydroxylation sites is 1. The number of hydrogen-bond donors (Lipinski definition) is 0. The molecule has 1 heterocycles. The second-order valence-electron chi connectivity index (χ2n) is 10.6. The Kier molecular flexibility index (Phi) is 6.13. The number of esters is 1. The van der Waals surface area contributed by atoms with Crippen LogP contribution < -0.4 is 9.64 Å². The fraction of sp³-hybridized carbons (Fsp3) is 0.176. The molecule has 0 aromatic heterocycles. The van der Waals surface area contributed by atoms with Crippen LogP contribution in [0.4, 0.5) is 5.69 Å². The molecule has 2 amide bonds. The lowest BCUT2D eigenvalue weighted by Crippen LogP contribution is -2.50. The van der Waals surface area contributed by atoms with Crippen molar-refractivity contribution in [2.45, 2.75) is 10.2 Å². The third-order valence-electron chi connectivity index (χ3n) is 8.63. The fourth-order valence-electron chi connectivity index (χ4n) is 6.83. The lowest BCUT2D eigenvalue weighted by atomic mass is 9.55. The summed E-state index contributed by atoms with van der Waals surface area (Å²) in [5.41, 5.74) is 4.52. The number of anilines is 1. The Morgan fingerprint density at radius 2 is 1.40 bits per heavy atom. The van der Waals surface area contributed by atoms with Gasteiger partial charge in [0, 0.05) is 11.5 Å². The van der Waals surface area contributed by atoms with Gasteiger partial charge in [0.1, 0.15) is 5.75 Å². The zero-order valence-electron chi connectivity index (χ0n) is 22.5. The first kappa shape index (κ1) is 26.3. The van der Waals surface area contributed by atoms with Crippen LogP contribution in [0.2, 0.25) is 0 Å². The predicted octanol–water partition coefficient (Wildman–Crippen LogP) is 5.64. The van der Waals surface area contributed by atoms with E-state index in [1.165, 1.54) is 13.2 Å². The lowest BCUT2D eigenvalue weighted by Gasteiger charge is -2.51. The number of nitrogens with zero attached hydrogens (tertiary/aromatic N) is 1. The molecule has 1 fully saturated rings. The van der Waals surface area contributed by atoms with E-state index < -0.39 is 34.5 Å². The number of amides is 2. The van der Waals surface area contributed by atoms with Crippen LogP contribution in [0.5, 0.6) is 5.75 Å². The molecule has 0 radical (unpaired) electrons. The molecule has 0 N–H and O–H groups in total. The van der Waals surface area contributed by atoms with Gasteiger partial charge in [0.05, 0.1) is 34.5 Å². The third kappa shape index (κ3) is 3.64. The third-order valence-corrected chi connectivity index (χ3v) is 9.97. The smallest absolute Gasteiger partial charge is 0.340 e. The maximum absolute atomic E-state index is 14.3. The molecule has 1 saturated heterocycles. The highest BCUT2D eigenvalue weighted by molar-refractivity contribution is 9.09. The summed E-state index contributed by atoms with van der Waals surface area (Å²) >= 11 is 3.99. The Hall–Kier alpha value is -4.56. The quantitative estimate of drug-likeness (QED) is 0.120. The molecular formula is C34H24BrNO6. The van der Waals surface area contributed by atoms with Gasteiger partial charge in [0.15, 0.2) is 12.4 Å². The van der Waals surface area contributed by atoms with Crippen LogP contribution in [0.25, 0.3) is 0 Å². The highest BCUT2D eigenvalue weighted by Crippen LogP contribution is 2.66. The van der Waals surface area contributed by atoms with Crippen LogP contribution in [0.1, 0.15) is 48.9 Å². The molecule has 42 heavy (non-hydrogen) atoms. The molecule has 4 aromatic carbocycles. The van der Waals surface area contributed by atoms with Gasteiger partial charge in [-0.2, -0.15) is 0 Å². The van der Waals surface area contributed by atoms with Gasteiger partial charge in [-0.3, -0.25) is 14.4 Å². The molecule has 1 aliphatic heterocycles. The Balaban J connectivity index is 1.22. The van der Waals surface area contributed by atoms with Crippen molar-refractivity contribution in [3.8, 4) is 5.75 Å². The predicted molar refractivity (Wildman–Crippen MR) is 158 cm³/mol. The SMILES string of the molecule is COc1ccc(C(=O)COC(=O)c2ccccc2N2C(=O)C3C4c5ccccc5C(Br)(c5ccccc54)C3C2=O)cc1. The first-order valence-electron chi connectivity index (χ1n) is 13.5. The van der Waals surface area contributed by atoms with E-state index in [2.05, 4.69) is 15.9 Å². The number of imide groups is 1. The molecule has 2 atom stereocenters. The van der Waals surface area contributed by atoms with Gasteiger partial charge in [-0.1, -0.05) is 76.6 Å². The van der Waals surface area contributed by atoms with Crippen molar-refractivity contribution < 1.29 is 28.7 Å². The maximum Gasteiger partial charge on any atom is 0.340 e.